The summed E-state index contributed by atoms with van der Waals surface area (Å²) in [6.07, 6.45) is 7.03. The van der Waals surface area contributed by atoms with Gasteiger partial charge in [-0.3, -0.25) is 4.98 Å². The van der Waals surface area contributed by atoms with E-state index < -0.39 is 0 Å². The Morgan fingerprint density at radius 2 is 1.86 bits per heavy atom. The van der Waals surface area contributed by atoms with E-state index in [1.165, 1.54) is 5.56 Å². The number of benzene rings is 1. The average molecular weight is 284 g/mol. The van der Waals surface area contributed by atoms with Gasteiger partial charge in [-0.05, 0) is 43.1 Å². The van der Waals surface area contributed by atoms with Crippen LogP contribution in [0.1, 0.15) is 37.8 Å². The second-order valence-electron chi connectivity index (χ2n) is 5.16. The molecular formula is C18H24N2O. The third kappa shape index (κ3) is 4.87. The maximum absolute atomic E-state index is 5.99. The van der Waals surface area contributed by atoms with Crippen LogP contribution in [0.15, 0.2) is 42.7 Å². The van der Waals surface area contributed by atoms with E-state index in [1.54, 1.807) is 6.20 Å². The number of hydrogen-bond acceptors (Lipinski definition) is 3. The summed E-state index contributed by atoms with van der Waals surface area (Å²) in [5.41, 5.74) is 2.44. The van der Waals surface area contributed by atoms with Crippen molar-refractivity contribution in [2.75, 3.05) is 6.54 Å². The molecular weight excluding hydrogens is 260 g/mol. The van der Waals surface area contributed by atoms with Crippen molar-refractivity contribution in [3.63, 3.8) is 0 Å². The minimum atomic E-state index is 0.783. The minimum absolute atomic E-state index is 0.783. The Morgan fingerprint density at radius 3 is 2.57 bits per heavy atom. The Bertz CT molecular complexity index is 537. The van der Waals surface area contributed by atoms with E-state index in [0.717, 1.165) is 49.4 Å². The molecule has 0 fully saturated rings. The first-order chi connectivity index (χ1) is 10.3. The summed E-state index contributed by atoms with van der Waals surface area (Å²) < 4.78 is 5.99. The van der Waals surface area contributed by atoms with Crippen molar-refractivity contribution < 1.29 is 4.74 Å². The molecule has 0 unspecified atom stereocenters. The minimum Gasteiger partial charge on any atom is -0.457 e. The predicted octanol–water partition coefficient (Wildman–Crippen LogP) is 4.33. The van der Waals surface area contributed by atoms with Gasteiger partial charge in [0.25, 0.3) is 0 Å². The quantitative estimate of drug-likeness (QED) is 0.733. The lowest BCUT2D eigenvalue weighted by molar-refractivity contribution is 0.471. The molecule has 1 N–H and O–H groups in total. The molecule has 0 radical (unpaired) electrons. The highest BCUT2D eigenvalue weighted by Gasteiger charge is 2.05. The van der Waals surface area contributed by atoms with E-state index in [4.69, 9.17) is 4.74 Å². The van der Waals surface area contributed by atoms with Crippen LogP contribution in [-0.2, 0) is 13.0 Å². The number of pyridine rings is 1. The average Bonchev–Trinajstić information content (AvgIpc) is 2.51. The first-order valence-corrected chi connectivity index (χ1v) is 7.74. The molecule has 3 nitrogen and oxygen atoms in total. The standard InChI is InChI=1S/C18H24N2O/c1-3-5-15-6-8-17(9-7-15)21-18-10-12-20-14-16(18)13-19-11-4-2/h6-10,12,14,19H,3-5,11,13H2,1-2H3. The molecule has 0 bridgehead atoms. The normalized spacial score (nSPS) is 10.6. The number of hydrogen-bond donors (Lipinski definition) is 1. The lowest BCUT2D eigenvalue weighted by Gasteiger charge is -2.11. The summed E-state index contributed by atoms with van der Waals surface area (Å²) in [6, 6.07) is 10.3. The maximum atomic E-state index is 5.99. The van der Waals surface area contributed by atoms with Crippen molar-refractivity contribution in [2.24, 2.45) is 0 Å². The zero-order valence-electron chi connectivity index (χ0n) is 12.9. The van der Waals surface area contributed by atoms with Crippen LogP contribution in [-0.4, -0.2) is 11.5 Å². The summed E-state index contributed by atoms with van der Waals surface area (Å²) >= 11 is 0. The summed E-state index contributed by atoms with van der Waals surface area (Å²) in [7, 11) is 0. The fourth-order valence-electron chi connectivity index (χ4n) is 2.19. The van der Waals surface area contributed by atoms with Crippen LogP contribution in [0.25, 0.3) is 0 Å². The fraction of sp³-hybridized carbons (Fsp3) is 0.389. The summed E-state index contributed by atoms with van der Waals surface area (Å²) in [5, 5.41) is 3.38. The van der Waals surface area contributed by atoms with Crippen molar-refractivity contribution in [2.45, 2.75) is 39.7 Å². The van der Waals surface area contributed by atoms with Gasteiger partial charge in [-0.2, -0.15) is 0 Å². The summed E-state index contributed by atoms with van der Waals surface area (Å²) in [5.74, 6) is 1.75. The molecule has 21 heavy (non-hydrogen) atoms. The molecule has 3 heteroatoms. The zero-order valence-corrected chi connectivity index (χ0v) is 12.9. The van der Waals surface area contributed by atoms with Gasteiger partial charge in [0.05, 0.1) is 0 Å². The number of nitrogens with one attached hydrogen (secondary N) is 1. The van der Waals surface area contributed by atoms with Crippen molar-refractivity contribution in [1.82, 2.24) is 10.3 Å². The van der Waals surface area contributed by atoms with Crippen molar-refractivity contribution in [3.05, 3.63) is 53.9 Å². The van der Waals surface area contributed by atoms with Gasteiger partial charge >= 0.3 is 0 Å². The van der Waals surface area contributed by atoms with E-state index in [2.05, 4.69) is 36.3 Å². The molecule has 0 atom stereocenters. The highest BCUT2D eigenvalue weighted by molar-refractivity contribution is 5.36. The predicted molar refractivity (Wildman–Crippen MR) is 86.7 cm³/mol. The number of rotatable bonds is 8. The van der Waals surface area contributed by atoms with Gasteiger partial charge in [0.15, 0.2) is 0 Å². The van der Waals surface area contributed by atoms with E-state index in [9.17, 15) is 0 Å². The van der Waals surface area contributed by atoms with Crippen molar-refractivity contribution >= 4 is 0 Å². The largest absolute Gasteiger partial charge is 0.457 e. The number of aromatic nitrogens is 1. The molecule has 0 aliphatic rings. The molecule has 2 rings (SSSR count). The summed E-state index contributed by atoms with van der Waals surface area (Å²) in [6.45, 7) is 6.13. The summed E-state index contributed by atoms with van der Waals surface area (Å²) in [4.78, 5) is 4.18. The van der Waals surface area contributed by atoms with Crippen LogP contribution in [0.4, 0.5) is 0 Å². The Balaban J connectivity index is 2.04. The highest BCUT2D eigenvalue weighted by atomic mass is 16.5. The molecule has 0 amide bonds. The van der Waals surface area contributed by atoms with Gasteiger partial charge in [-0.15, -0.1) is 0 Å². The highest BCUT2D eigenvalue weighted by Crippen LogP contribution is 2.25. The Kier molecular flexibility index (Phi) is 6.22. The van der Waals surface area contributed by atoms with Gasteiger partial charge in [0, 0.05) is 24.5 Å². The van der Waals surface area contributed by atoms with Gasteiger partial charge in [0.1, 0.15) is 11.5 Å². The number of ether oxygens (including phenoxy) is 1. The van der Waals surface area contributed by atoms with E-state index in [0.29, 0.717) is 0 Å². The van der Waals surface area contributed by atoms with Crippen LogP contribution >= 0.6 is 0 Å². The van der Waals surface area contributed by atoms with Crippen LogP contribution in [0, 0.1) is 0 Å². The maximum Gasteiger partial charge on any atom is 0.134 e. The lowest BCUT2D eigenvalue weighted by Crippen LogP contribution is -2.14. The molecule has 0 saturated carbocycles. The van der Waals surface area contributed by atoms with Crippen molar-refractivity contribution in [3.8, 4) is 11.5 Å². The van der Waals surface area contributed by atoms with Gasteiger partial charge in [-0.1, -0.05) is 32.4 Å². The van der Waals surface area contributed by atoms with Crippen LogP contribution in [0.5, 0.6) is 11.5 Å². The molecule has 1 aromatic carbocycles. The monoisotopic (exact) mass is 284 g/mol. The second kappa shape index (κ2) is 8.42. The van der Waals surface area contributed by atoms with Crippen LogP contribution < -0.4 is 10.1 Å². The molecule has 112 valence electrons. The Hall–Kier alpha value is -1.87. The van der Waals surface area contributed by atoms with E-state index in [1.807, 2.05) is 24.4 Å². The first-order valence-electron chi connectivity index (χ1n) is 7.74. The van der Waals surface area contributed by atoms with E-state index >= 15 is 0 Å². The molecule has 1 heterocycles. The van der Waals surface area contributed by atoms with Gasteiger partial charge in [-0.25, -0.2) is 0 Å². The van der Waals surface area contributed by atoms with Crippen LogP contribution in [0.2, 0.25) is 0 Å². The molecule has 0 aliphatic heterocycles. The Morgan fingerprint density at radius 1 is 1.05 bits per heavy atom. The first kappa shape index (κ1) is 15.5. The van der Waals surface area contributed by atoms with Crippen molar-refractivity contribution in [1.29, 1.82) is 0 Å². The zero-order chi connectivity index (χ0) is 14.9. The molecule has 2 aromatic rings. The lowest BCUT2D eigenvalue weighted by atomic mass is 10.1. The third-order valence-electron chi connectivity index (χ3n) is 3.29. The Labute approximate surface area is 127 Å². The smallest absolute Gasteiger partial charge is 0.134 e. The molecule has 0 aliphatic carbocycles. The van der Waals surface area contributed by atoms with E-state index in [-0.39, 0.29) is 0 Å². The number of nitrogens with zero attached hydrogens (tertiary/aromatic N) is 1. The van der Waals surface area contributed by atoms with Crippen LogP contribution in [0.3, 0.4) is 0 Å². The SMILES string of the molecule is CCCNCc1cnccc1Oc1ccc(CCC)cc1. The van der Waals surface area contributed by atoms with Gasteiger partial charge in [0.2, 0.25) is 0 Å². The molecule has 0 spiro atoms. The number of aryl methyl sites for hydroxylation is 1. The molecule has 1 aromatic heterocycles. The topological polar surface area (TPSA) is 34.2 Å². The van der Waals surface area contributed by atoms with Gasteiger partial charge < -0.3 is 10.1 Å². The third-order valence-corrected chi connectivity index (χ3v) is 3.29. The molecule has 0 saturated heterocycles. The second-order valence-corrected chi connectivity index (χ2v) is 5.16. The fourth-order valence-corrected chi connectivity index (χ4v) is 2.19.